The van der Waals surface area contributed by atoms with Gasteiger partial charge in [0.15, 0.2) is 0 Å². The van der Waals surface area contributed by atoms with Crippen molar-refractivity contribution in [2.24, 2.45) is 5.92 Å². The quantitative estimate of drug-likeness (QED) is 0.843. The maximum Gasteiger partial charge on any atom is 0.434 e. The Hall–Kier alpha value is -2.38. The van der Waals surface area contributed by atoms with Gasteiger partial charge in [0, 0.05) is 37.0 Å². The number of hydrogen-bond donors (Lipinski definition) is 2. The summed E-state index contributed by atoms with van der Waals surface area (Å²) in [5, 5.41) is 6.20. The number of rotatable bonds is 2. The number of imidazole rings is 1. The van der Waals surface area contributed by atoms with Crippen LogP contribution >= 0.6 is 0 Å². The van der Waals surface area contributed by atoms with Gasteiger partial charge in [0.05, 0.1) is 12.0 Å². The van der Waals surface area contributed by atoms with Gasteiger partial charge in [0.1, 0.15) is 0 Å². The molecule has 0 radical (unpaired) electrons. The van der Waals surface area contributed by atoms with Crippen LogP contribution in [0.2, 0.25) is 0 Å². The molecule has 0 aromatic carbocycles. The number of H-pyrrole nitrogens is 2. The minimum Gasteiger partial charge on any atom is -0.392 e. The van der Waals surface area contributed by atoms with Gasteiger partial charge in [-0.3, -0.25) is 4.79 Å². The third-order valence-electron chi connectivity index (χ3n) is 4.95. The number of aromatic nitrogens is 4. The lowest BCUT2D eigenvalue weighted by Crippen LogP contribution is -2.42. The van der Waals surface area contributed by atoms with Gasteiger partial charge in [-0.2, -0.15) is 0 Å². The van der Waals surface area contributed by atoms with Crippen molar-refractivity contribution in [1.29, 1.82) is 0 Å². The van der Waals surface area contributed by atoms with E-state index in [1.54, 1.807) is 6.33 Å². The number of nitrogens with one attached hydrogen (secondary N) is 2. The van der Waals surface area contributed by atoms with E-state index >= 15 is 0 Å². The monoisotopic (exact) mass is 317 g/mol. The minimum atomic E-state index is -0.518. The molecule has 2 aliphatic rings. The van der Waals surface area contributed by atoms with Gasteiger partial charge in [-0.25, -0.2) is 14.9 Å². The van der Waals surface area contributed by atoms with Crippen molar-refractivity contribution in [1.82, 2.24) is 25.1 Å². The smallest absolute Gasteiger partial charge is 0.392 e. The van der Waals surface area contributed by atoms with Crippen LogP contribution < -0.4 is 5.76 Å². The van der Waals surface area contributed by atoms with Crippen molar-refractivity contribution >= 4 is 5.91 Å². The number of fused-ring (bicyclic) bond motifs is 1. The van der Waals surface area contributed by atoms with Gasteiger partial charge >= 0.3 is 5.76 Å². The summed E-state index contributed by atoms with van der Waals surface area (Å²) in [4.78, 5) is 33.1. The topological polar surface area (TPSA) is 108 Å². The fourth-order valence-corrected chi connectivity index (χ4v) is 3.63. The molecule has 8 nitrogen and oxygen atoms in total. The molecule has 0 saturated carbocycles. The molecule has 2 N–H and O–H groups in total. The van der Waals surface area contributed by atoms with Crippen molar-refractivity contribution in [3.8, 4) is 0 Å². The molecule has 0 bridgehead atoms. The lowest BCUT2D eigenvalue weighted by atomic mass is 9.87. The van der Waals surface area contributed by atoms with Crippen molar-refractivity contribution in [3.63, 3.8) is 0 Å². The normalized spacial score (nSPS) is 22.1. The Balaban J connectivity index is 1.37. The summed E-state index contributed by atoms with van der Waals surface area (Å²) >= 11 is 0. The fourth-order valence-electron chi connectivity index (χ4n) is 3.63. The minimum absolute atomic E-state index is 0.0443. The molecular weight excluding hydrogens is 298 g/mol. The predicted molar refractivity (Wildman–Crippen MR) is 79.8 cm³/mol. The highest BCUT2D eigenvalue weighted by Crippen LogP contribution is 2.29. The zero-order valence-corrected chi connectivity index (χ0v) is 12.7. The molecule has 1 aliphatic carbocycles. The summed E-state index contributed by atoms with van der Waals surface area (Å²) in [5.74, 6) is 0.330. The van der Waals surface area contributed by atoms with Crippen molar-refractivity contribution in [2.45, 2.75) is 38.0 Å². The van der Waals surface area contributed by atoms with Crippen LogP contribution in [0, 0.1) is 5.92 Å². The maximum absolute atomic E-state index is 12.7. The number of nitrogens with zero attached hydrogens (tertiary/aromatic N) is 3. The zero-order chi connectivity index (χ0) is 15.8. The summed E-state index contributed by atoms with van der Waals surface area (Å²) in [5.41, 5.74) is 2.20. The largest absolute Gasteiger partial charge is 0.434 e. The number of aromatic amines is 2. The van der Waals surface area contributed by atoms with E-state index in [1.807, 2.05) is 4.90 Å². The third-order valence-corrected chi connectivity index (χ3v) is 4.95. The van der Waals surface area contributed by atoms with Crippen LogP contribution in [0.4, 0.5) is 0 Å². The molecule has 0 spiro atoms. The molecule has 1 unspecified atom stereocenters. The Kier molecular flexibility index (Phi) is 3.51. The average Bonchev–Trinajstić information content (AvgIpc) is 3.22. The van der Waals surface area contributed by atoms with E-state index in [0.717, 1.165) is 43.5 Å². The van der Waals surface area contributed by atoms with E-state index in [-0.39, 0.29) is 17.7 Å². The Morgan fingerprint density at radius 1 is 1.30 bits per heavy atom. The Bertz CT molecular complexity index is 753. The van der Waals surface area contributed by atoms with Gasteiger partial charge in [0.2, 0.25) is 11.8 Å². The SMILES string of the molecule is O=C(C1CCc2nc[nH]c2C1)N1CCC(c2n[nH]c(=O)o2)CC1. The molecule has 122 valence electrons. The lowest BCUT2D eigenvalue weighted by molar-refractivity contribution is -0.137. The van der Waals surface area contributed by atoms with E-state index in [2.05, 4.69) is 20.2 Å². The lowest BCUT2D eigenvalue weighted by Gasteiger charge is -2.34. The highest BCUT2D eigenvalue weighted by molar-refractivity contribution is 5.79. The number of carbonyl (C=O) groups excluding carboxylic acids is 1. The molecular formula is C15H19N5O3. The second-order valence-corrected chi connectivity index (χ2v) is 6.32. The summed E-state index contributed by atoms with van der Waals surface area (Å²) in [7, 11) is 0. The fraction of sp³-hybridized carbons (Fsp3) is 0.600. The second kappa shape index (κ2) is 5.68. The van der Waals surface area contributed by atoms with Crippen LogP contribution in [0.15, 0.2) is 15.5 Å². The molecule has 2 aromatic rings. The second-order valence-electron chi connectivity index (χ2n) is 6.32. The molecule has 1 aliphatic heterocycles. The number of aryl methyl sites for hydroxylation is 1. The number of likely N-dealkylation sites (tertiary alicyclic amines) is 1. The number of amides is 1. The Labute approximate surface area is 132 Å². The third kappa shape index (κ3) is 2.69. The standard InChI is InChI=1S/C15H19N5O3/c21-14(10-1-2-11-12(7-10)17-8-16-11)20-5-3-9(4-6-20)13-18-19-15(22)23-13/h8-10H,1-7H2,(H,16,17)(H,19,22). The van der Waals surface area contributed by atoms with Crippen LogP contribution in [0.1, 0.15) is 42.5 Å². The zero-order valence-electron chi connectivity index (χ0n) is 12.7. The first-order chi connectivity index (χ1) is 11.2. The van der Waals surface area contributed by atoms with Crippen molar-refractivity contribution in [2.75, 3.05) is 13.1 Å². The van der Waals surface area contributed by atoms with Crippen LogP contribution in [-0.4, -0.2) is 44.1 Å². The number of carbonyl (C=O) groups is 1. The van der Waals surface area contributed by atoms with E-state index in [1.165, 1.54) is 0 Å². The predicted octanol–water partition coefficient (Wildman–Crippen LogP) is 0.597. The molecule has 3 heterocycles. The molecule has 1 saturated heterocycles. The molecule has 1 amide bonds. The van der Waals surface area contributed by atoms with Crippen LogP contribution in [0.25, 0.3) is 0 Å². The van der Waals surface area contributed by atoms with Crippen molar-refractivity contribution in [3.05, 3.63) is 34.2 Å². The van der Waals surface area contributed by atoms with Gasteiger partial charge < -0.3 is 14.3 Å². The van der Waals surface area contributed by atoms with Gasteiger partial charge in [0.25, 0.3) is 0 Å². The van der Waals surface area contributed by atoms with Gasteiger partial charge in [-0.1, -0.05) is 0 Å². The van der Waals surface area contributed by atoms with Gasteiger partial charge in [-0.15, -0.1) is 5.10 Å². The summed E-state index contributed by atoms with van der Waals surface area (Å²) in [6.07, 6.45) is 5.75. The molecule has 2 aromatic heterocycles. The van der Waals surface area contributed by atoms with E-state index in [0.29, 0.717) is 19.0 Å². The first kappa shape index (κ1) is 14.2. The highest BCUT2D eigenvalue weighted by Gasteiger charge is 2.32. The van der Waals surface area contributed by atoms with Crippen LogP contribution in [-0.2, 0) is 17.6 Å². The maximum atomic E-state index is 12.7. The summed E-state index contributed by atoms with van der Waals surface area (Å²) in [6, 6.07) is 0. The summed E-state index contributed by atoms with van der Waals surface area (Å²) < 4.78 is 5.03. The van der Waals surface area contributed by atoms with Gasteiger partial charge in [-0.05, 0) is 25.7 Å². The van der Waals surface area contributed by atoms with E-state index in [4.69, 9.17) is 4.42 Å². The highest BCUT2D eigenvalue weighted by atomic mass is 16.4. The average molecular weight is 317 g/mol. The first-order valence-electron chi connectivity index (χ1n) is 8.06. The Morgan fingerprint density at radius 3 is 2.87 bits per heavy atom. The van der Waals surface area contributed by atoms with Crippen molar-refractivity contribution < 1.29 is 9.21 Å². The van der Waals surface area contributed by atoms with E-state index < -0.39 is 5.76 Å². The van der Waals surface area contributed by atoms with E-state index in [9.17, 15) is 9.59 Å². The van der Waals surface area contributed by atoms with Crippen LogP contribution in [0.5, 0.6) is 0 Å². The number of hydrogen-bond acceptors (Lipinski definition) is 5. The van der Waals surface area contributed by atoms with Crippen LogP contribution in [0.3, 0.4) is 0 Å². The first-order valence-corrected chi connectivity index (χ1v) is 8.06. The number of piperidine rings is 1. The summed E-state index contributed by atoms with van der Waals surface area (Å²) in [6.45, 7) is 1.37. The molecule has 1 fully saturated rings. The molecule has 8 heteroatoms. The Morgan fingerprint density at radius 2 is 2.13 bits per heavy atom. The molecule has 23 heavy (non-hydrogen) atoms. The molecule has 1 atom stereocenters. The molecule has 4 rings (SSSR count).